The summed E-state index contributed by atoms with van der Waals surface area (Å²) >= 11 is 17.8. The number of halogens is 2. The van der Waals surface area contributed by atoms with Gasteiger partial charge in [-0.15, -0.1) is 0 Å². The van der Waals surface area contributed by atoms with Crippen LogP contribution in [0.1, 0.15) is 61.1 Å². The molecule has 2 amide bonds. The van der Waals surface area contributed by atoms with Gasteiger partial charge in [-0.25, -0.2) is 4.79 Å². The Morgan fingerprint density at radius 1 is 0.833 bits per heavy atom. The molecule has 1 atom stereocenters. The van der Waals surface area contributed by atoms with Crippen LogP contribution in [0.25, 0.3) is 33.4 Å². The number of likely N-dealkylation sites (tertiary alicyclic amines) is 1. The molecule has 4 aromatic carbocycles. The van der Waals surface area contributed by atoms with Gasteiger partial charge in [0.2, 0.25) is 11.8 Å². The van der Waals surface area contributed by atoms with Gasteiger partial charge in [-0.05, 0) is 135 Å². The predicted molar refractivity (Wildman–Crippen MR) is 267 cm³/mol. The van der Waals surface area contributed by atoms with Crippen molar-refractivity contribution in [1.29, 1.82) is 0 Å². The van der Waals surface area contributed by atoms with E-state index >= 15 is 0 Å². The van der Waals surface area contributed by atoms with Gasteiger partial charge >= 0.3 is 5.97 Å². The van der Waals surface area contributed by atoms with Crippen LogP contribution in [0.5, 0.6) is 5.75 Å². The number of phenols is 1. The van der Waals surface area contributed by atoms with Gasteiger partial charge < -0.3 is 45.3 Å². The maximum Gasteiger partial charge on any atom is 0.336 e. The van der Waals surface area contributed by atoms with Gasteiger partial charge in [-0.2, -0.15) is 0 Å². The van der Waals surface area contributed by atoms with Gasteiger partial charge in [0.15, 0.2) is 10.5 Å². The maximum absolute atomic E-state index is 13.6. The number of hydrogen-bond acceptors (Lipinski definition) is 9. The second kappa shape index (κ2) is 22.9. The molecule has 346 valence electrons. The summed E-state index contributed by atoms with van der Waals surface area (Å²) in [5.74, 6) is -1.50. The van der Waals surface area contributed by atoms with Gasteiger partial charge in [0.25, 0.3) is 0 Å². The van der Waals surface area contributed by atoms with Crippen molar-refractivity contribution in [2.75, 3.05) is 63.5 Å². The minimum absolute atomic E-state index is 0.0538. The molecule has 2 aliphatic heterocycles. The number of benzene rings is 5. The monoisotopic (exact) mass is 952 g/mol. The van der Waals surface area contributed by atoms with Gasteiger partial charge in [0.1, 0.15) is 17.1 Å². The van der Waals surface area contributed by atoms with Crippen molar-refractivity contribution < 1.29 is 29.0 Å². The van der Waals surface area contributed by atoms with Crippen LogP contribution >= 0.6 is 35.4 Å². The molecule has 4 aromatic rings. The predicted octanol–water partition coefficient (Wildman–Crippen LogP) is 9.39. The number of phenolic OH excluding ortho intramolecular Hbond substituents is 1. The zero-order valence-electron chi connectivity index (χ0n) is 37.3. The molecule has 0 aromatic heterocycles. The summed E-state index contributed by atoms with van der Waals surface area (Å²) in [6.45, 7) is 12.4. The van der Waals surface area contributed by atoms with E-state index in [4.69, 9.17) is 39.8 Å². The second-order valence-electron chi connectivity index (χ2n) is 15.9. The minimum Gasteiger partial charge on any atom is -0.508 e. The van der Waals surface area contributed by atoms with Gasteiger partial charge in [-0.1, -0.05) is 68.2 Å². The number of likely N-dealkylation sites (N-methyl/N-ethyl adjacent to an activating group) is 1. The van der Waals surface area contributed by atoms with E-state index in [1.807, 2.05) is 18.2 Å². The largest absolute Gasteiger partial charge is 0.508 e. The number of aromatic hydroxyl groups is 1. The van der Waals surface area contributed by atoms with Crippen molar-refractivity contribution in [2.24, 2.45) is 0 Å². The molecule has 1 aliphatic carbocycles. The summed E-state index contributed by atoms with van der Waals surface area (Å²) in [5.41, 5.74) is 3.81. The Hall–Kier alpha value is -6.03. The number of hydrogen-bond donors (Lipinski definition) is 5. The third-order valence-corrected chi connectivity index (χ3v) is 12.6. The summed E-state index contributed by atoms with van der Waals surface area (Å²) in [7, 11) is 1.79. The van der Waals surface area contributed by atoms with Crippen LogP contribution in [0, 0.1) is 0 Å². The van der Waals surface area contributed by atoms with Crippen molar-refractivity contribution in [3.8, 4) is 28.2 Å². The molecule has 1 saturated heterocycles. The van der Waals surface area contributed by atoms with E-state index in [1.165, 1.54) is 50.0 Å². The smallest absolute Gasteiger partial charge is 0.336 e. The van der Waals surface area contributed by atoms with E-state index in [1.54, 1.807) is 60.5 Å². The molecule has 16 heteroatoms. The van der Waals surface area contributed by atoms with Gasteiger partial charge in [0.05, 0.1) is 34.6 Å². The quantitative estimate of drug-likeness (QED) is 0.0490. The highest BCUT2D eigenvalue weighted by molar-refractivity contribution is 7.80. The van der Waals surface area contributed by atoms with Crippen LogP contribution < -0.4 is 21.4 Å². The fraction of sp³-hybridized carbons (Fsp3) is 0.300. The summed E-state index contributed by atoms with van der Waals surface area (Å²) in [5, 5.41) is 30.6. The third kappa shape index (κ3) is 12.6. The molecule has 7 rings (SSSR count). The Morgan fingerprint density at radius 2 is 1.55 bits per heavy atom. The average molecular weight is 954 g/mol. The molecule has 0 spiro atoms. The molecule has 13 nitrogen and oxygen atoms in total. The minimum atomic E-state index is -1.21. The number of carboxylic acid groups (broad SMARTS) is 1. The Kier molecular flexibility index (Phi) is 17.2. The highest BCUT2D eigenvalue weighted by Gasteiger charge is 2.27. The van der Waals surface area contributed by atoms with Crippen molar-refractivity contribution in [2.45, 2.75) is 46.1 Å². The average Bonchev–Trinajstić information content (AvgIpc) is 3.82. The number of amides is 2. The molecule has 0 unspecified atom stereocenters. The molecular formula is C50H54Cl2N6O7S. The summed E-state index contributed by atoms with van der Waals surface area (Å²) in [6, 6.07) is 25.7. The van der Waals surface area contributed by atoms with E-state index in [0.717, 1.165) is 37.1 Å². The normalized spacial score (nSPS) is 13.0. The van der Waals surface area contributed by atoms with E-state index in [2.05, 4.69) is 46.5 Å². The SMILES string of the molecule is CCN(CC)CC.CN(C(=O)Cc1ccc(Cl)c(Cl)c1)[C@H](CN1CCCC1)c1cccc(NC(=O)CNC(=S)Nc2ccc(-c3c4ccc(=O)cc-4oc4cc(O)ccc34)c(C(=O)O)c2)c1. The van der Waals surface area contributed by atoms with Crippen LogP contribution in [0.3, 0.4) is 0 Å². The van der Waals surface area contributed by atoms with Crippen molar-refractivity contribution in [3.63, 3.8) is 0 Å². The van der Waals surface area contributed by atoms with E-state index in [-0.39, 0.29) is 64.0 Å². The number of rotatable bonds is 15. The third-order valence-electron chi connectivity index (χ3n) is 11.6. The number of nitrogens with zero attached hydrogens (tertiary/aromatic N) is 3. The Labute approximate surface area is 399 Å². The fourth-order valence-corrected chi connectivity index (χ4v) is 8.50. The number of carboxylic acids is 1. The van der Waals surface area contributed by atoms with Crippen molar-refractivity contribution >= 4 is 80.7 Å². The van der Waals surface area contributed by atoms with E-state index in [9.17, 15) is 29.4 Å². The molecule has 0 bridgehead atoms. The molecule has 3 aliphatic rings. The second-order valence-corrected chi connectivity index (χ2v) is 17.2. The van der Waals surface area contributed by atoms with Crippen LogP contribution in [0.15, 0.2) is 106 Å². The lowest BCUT2D eigenvalue weighted by atomic mass is 9.90. The number of carbonyl (C=O) groups is 3. The zero-order chi connectivity index (χ0) is 47.5. The van der Waals surface area contributed by atoms with E-state index < -0.39 is 5.97 Å². The first-order chi connectivity index (χ1) is 31.7. The number of anilines is 2. The summed E-state index contributed by atoms with van der Waals surface area (Å²) in [6.07, 6.45) is 2.34. The van der Waals surface area contributed by atoms with Crippen LogP contribution in [-0.2, 0) is 16.0 Å². The highest BCUT2D eigenvalue weighted by Crippen LogP contribution is 2.42. The molecule has 0 saturated carbocycles. The van der Waals surface area contributed by atoms with Crippen molar-refractivity contribution in [3.05, 3.63) is 134 Å². The Bertz CT molecular complexity index is 2730. The number of carbonyl (C=O) groups excluding carboxylic acids is 2. The number of nitrogens with one attached hydrogen (secondary N) is 3. The fourth-order valence-electron chi connectivity index (χ4n) is 7.99. The van der Waals surface area contributed by atoms with Gasteiger partial charge in [0, 0.05) is 53.6 Å². The molecule has 1 fully saturated rings. The number of aromatic carboxylic acids is 1. The van der Waals surface area contributed by atoms with Crippen LogP contribution in [-0.4, -0.2) is 101 Å². The van der Waals surface area contributed by atoms with E-state index in [0.29, 0.717) is 50.0 Å². The number of fused-ring (bicyclic) bond motifs is 2. The zero-order valence-corrected chi connectivity index (χ0v) is 39.7. The lowest BCUT2D eigenvalue weighted by Crippen LogP contribution is -2.39. The topological polar surface area (TPSA) is 168 Å². The van der Waals surface area contributed by atoms with Gasteiger partial charge in [-0.3, -0.25) is 14.4 Å². The first kappa shape index (κ1) is 49.4. The summed E-state index contributed by atoms with van der Waals surface area (Å²) in [4.78, 5) is 58.0. The Balaban J connectivity index is 0.000000952. The van der Waals surface area contributed by atoms with Crippen molar-refractivity contribution in [1.82, 2.24) is 20.0 Å². The molecule has 0 radical (unpaired) electrons. The Morgan fingerprint density at radius 3 is 2.23 bits per heavy atom. The molecule has 66 heavy (non-hydrogen) atoms. The maximum atomic E-state index is 13.6. The molecule has 5 N–H and O–H groups in total. The lowest BCUT2D eigenvalue weighted by molar-refractivity contribution is -0.131. The number of thiocarbonyl (C=S) groups is 1. The molecular weight excluding hydrogens is 900 g/mol. The van der Waals surface area contributed by atoms with Crippen LogP contribution in [0.2, 0.25) is 10.0 Å². The standard InChI is InChI=1S/C44H39Cl2N5O7S.C6H15N/c1-50(41(55)18-25-7-14-35(45)36(46)17-25)37(24-51-15-2-3-16-51)26-5-4-6-27(19-26)48-40(54)23-47-44(59)49-28-8-11-31(34(20-28)43(56)57)42-32-12-9-29(52)21-38(32)58-39-22-30(53)10-13-33(39)42;1-4-7(5-2)6-3/h4-14,17,19-22,37,52H,2-3,15-16,18,23-24H2,1H3,(H,48,54)(H,56,57)(H2,47,49,59);4-6H2,1-3H3/t37-;/m1./s1. The van der Waals surface area contributed by atoms with Crippen LogP contribution in [0.4, 0.5) is 11.4 Å². The highest BCUT2D eigenvalue weighted by atomic mass is 35.5. The molecule has 2 heterocycles. The first-order valence-corrected chi connectivity index (χ1v) is 23.0. The summed E-state index contributed by atoms with van der Waals surface area (Å²) < 4.78 is 5.91. The first-order valence-electron chi connectivity index (χ1n) is 21.8. The lowest BCUT2D eigenvalue weighted by Gasteiger charge is -2.32.